The summed E-state index contributed by atoms with van der Waals surface area (Å²) in [4.78, 5) is 0. The van der Waals surface area contributed by atoms with E-state index in [1.807, 2.05) is 32.0 Å². The Balaban J connectivity index is 1.74. The summed E-state index contributed by atoms with van der Waals surface area (Å²) in [7, 11) is 0. The van der Waals surface area contributed by atoms with Crippen LogP contribution >= 0.6 is 0 Å². The number of rotatable bonds is 9. The summed E-state index contributed by atoms with van der Waals surface area (Å²) in [6, 6.07) is 5.95. The van der Waals surface area contributed by atoms with Gasteiger partial charge in [0.05, 0.1) is 0 Å². The molecule has 0 fully saturated rings. The van der Waals surface area contributed by atoms with E-state index in [1.165, 1.54) is 0 Å². The monoisotopic (exact) mass is 281 g/mol. The Morgan fingerprint density at radius 3 is 2.75 bits per heavy atom. The zero-order valence-electron chi connectivity index (χ0n) is 12.2. The molecule has 112 valence electrons. The molecule has 1 N–H and O–H groups in total. The van der Waals surface area contributed by atoms with Gasteiger partial charge in [0.15, 0.2) is 17.8 Å². The van der Waals surface area contributed by atoms with Gasteiger partial charge in [-0.25, -0.2) is 0 Å². The van der Waals surface area contributed by atoms with E-state index in [1.54, 1.807) is 0 Å². The van der Waals surface area contributed by atoms with E-state index >= 15 is 0 Å². The van der Waals surface area contributed by atoms with Crippen LogP contribution in [0.5, 0.6) is 11.5 Å². The minimum atomic E-state index is -0.126. The van der Waals surface area contributed by atoms with Crippen molar-refractivity contribution in [3.63, 3.8) is 0 Å². The fourth-order valence-electron chi connectivity index (χ4n) is 2.16. The Hall–Kier alpha value is -1.30. The maximum absolute atomic E-state index is 5.50. The molecular formula is C15H23NO4. The van der Waals surface area contributed by atoms with Crippen molar-refractivity contribution in [2.45, 2.75) is 33.1 Å². The smallest absolute Gasteiger partial charge is 0.231 e. The zero-order chi connectivity index (χ0) is 14.2. The first-order chi connectivity index (χ1) is 9.85. The summed E-state index contributed by atoms with van der Waals surface area (Å²) in [6.07, 6.45) is 0.701. The summed E-state index contributed by atoms with van der Waals surface area (Å²) in [5.74, 6) is 1.68. The average molecular weight is 281 g/mol. The van der Waals surface area contributed by atoms with Gasteiger partial charge in [0.1, 0.15) is 0 Å². The fraction of sp³-hybridized carbons (Fsp3) is 0.600. The third kappa shape index (κ3) is 4.10. The number of ether oxygens (including phenoxy) is 4. The van der Waals surface area contributed by atoms with E-state index in [2.05, 4.69) is 5.32 Å². The topological polar surface area (TPSA) is 49.0 Å². The number of hydrogen-bond acceptors (Lipinski definition) is 5. The van der Waals surface area contributed by atoms with Crippen molar-refractivity contribution in [1.29, 1.82) is 0 Å². The second-order valence-electron chi connectivity index (χ2n) is 4.46. The molecule has 0 aromatic heterocycles. The highest BCUT2D eigenvalue weighted by Crippen LogP contribution is 2.35. The summed E-state index contributed by atoms with van der Waals surface area (Å²) in [6.45, 7) is 7.17. The lowest BCUT2D eigenvalue weighted by atomic mass is 10.2. The molecule has 0 atom stereocenters. The Kier molecular flexibility index (Phi) is 6.11. The standard InChI is InChI=1S/C15H23NO4/c1-3-17-14(18-4-2)8-9-16-10-12-6-5-7-13-15(12)20-11-19-13/h5-7,14,16H,3-4,8-11H2,1-2H3. The molecule has 1 aromatic rings. The molecule has 0 radical (unpaired) electrons. The van der Waals surface area contributed by atoms with Gasteiger partial charge in [-0.2, -0.15) is 0 Å². The van der Waals surface area contributed by atoms with Crippen LogP contribution in [0.15, 0.2) is 18.2 Å². The van der Waals surface area contributed by atoms with Crippen molar-refractivity contribution >= 4 is 0 Å². The number of hydrogen-bond donors (Lipinski definition) is 1. The highest BCUT2D eigenvalue weighted by Gasteiger charge is 2.16. The maximum Gasteiger partial charge on any atom is 0.231 e. The largest absolute Gasteiger partial charge is 0.454 e. The number of fused-ring (bicyclic) bond motifs is 1. The van der Waals surface area contributed by atoms with Crippen molar-refractivity contribution in [2.24, 2.45) is 0 Å². The van der Waals surface area contributed by atoms with Crippen LogP contribution in [0.3, 0.4) is 0 Å². The van der Waals surface area contributed by atoms with Gasteiger partial charge in [-0.1, -0.05) is 12.1 Å². The Labute approximate surface area is 120 Å². The number of benzene rings is 1. The van der Waals surface area contributed by atoms with Gasteiger partial charge in [0, 0.05) is 38.3 Å². The van der Waals surface area contributed by atoms with Gasteiger partial charge in [0.25, 0.3) is 0 Å². The second-order valence-corrected chi connectivity index (χ2v) is 4.46. The van der Waals surface area contributed by atoms with Gasteiger partial charge < -0.3 is 24.3 Å². The molecule has 0 saturated heterocycles. The molecule has 5 nitrogen and oxygen atoms in total. The van der Waals surface area contributed by atoms with Gasteiger partial charge in [-0.3, -0.25) is 0 Å². The molecule has 0 aliphatic carbocycles. The van der Waals surface area contributed by atoms with Crippen molar-refractivity contribution in [3.05, 3.63) is 23.8 Å². The van der Waals surface area contributed by atoms with E-state index in [-0.39, 0.29) is 6.29 Å². The van der Waals surface area contributed by atoms with Crippen molar-refractivity contribution < 1.29 is 18.9 Å². The Bertz CT molecular complexity index is 405. The van der Waals surface area contributed by atoms with E-state index in [9.17, 15) is 0 Å². The molecule has 0 amide bonds. The van der Waals surface area contributed by atoms with Crippen molar-refractivity contribution in [2.75, 3.05) is 26.6 Å². The molecule has 0 spiro atoms. The molecule has 0 bridgehead atoms. The molecule has 1 heterocycles. The van der Waals surface area contributed by atoms with Gasteiger partial charge in [-0.15, -0.1) is 0 Å². The van der Waals surface area contributed by atoms with Crippen LogP contribution in [0.25, 0.3) is 0 Å². The molecule has 1 aromatic carbocycles. The van der Waals surface area contributed by atoms with Crippen LogP contribution in [-0.2, 0) is 16.0 Å². The van der Waals surface area contributed by atoms with Crippen molar-refractivity contribution in [3.8, 4) is 11.5 Å². The second kappa shape index (κ2) is 8.09. The number of para-hydroxylation sites is 1. The van der Waals surface area contributed by atoms with Crippen LogP contribution in [0, 0.1) is 0 Å². The van der Waals surface area contributed by atoms with E-state index in [4.69, 9.17) is 18.9 Å². The lowest BCUT2D eigenvalue weighted by Gasteiger charge is -2.17. The van der Waals surface area contributed by atoms with Crippen LogP contribution < -0.4 is 14.8 Å². The van der Waals surface area contributed by atoms with Gasteiger partial charge >= 0.3 is 0 Å². The van der Waals surface area contributed by atoms with Crippen LogP contribution in [0.2, 0.25) is 0 Å². The summed E-state index contributed by atoms with van der Waals surface area (Å²) in [5, 5.41) is 3.38. The summed E-state index contributed by atoms with van der Waals surface area (Å²) < 4.78 is 21.8. The fourth-order valence-corrected chi connectivity index (χ4v) is 2.16. The van der Waals surface area contributed by atoms with Crippen LogP contribution in [0.1, 0.15) is 25.8 Å². The average Bonchev–Trinajstić information content (AvgIpc) is 2.93. The Morgan fingerprint density at radius 2 is 2.00 bits per heavy atom. The molecular weight excluding hydrogens is 258 g/mol. The van der Waals surface area contributed by atoms with Crippen molar-refractivity contribution in [1.82, 2.24) is 5.32 Å². The first-order valence-electron chi connectivity index (χ1n) is 7.16. The van der Waals surface area contributed by atoms with E-state index < -0.39 is 0 Å². The first kappa shape index (κ1) is 15.1. The molecule has 1 aliphatic heterocycles. The minimum absolute atomic E-state index is 0.126. The predicted molar refractivity (Wildman–Crippen MR) is 75.9 cm³/mol. The zero-order valence-corrected chi connectivity index (χ0v) is 12.2. The highest BCUT2D eigenvalue weighted by atomic mass is 16.7. The SMILES string of the molecule is CCOC(CCNCc1cccc2c1OCO2)OCC. The third-order valence-corrected chi connectivity index (χ3v) is 3.06. The molecule has 0 saturated carbocycles. The number of nitrogens with one attached hydrogen (secondary N) is 1. The maximum atomic E-state index is 5.50. The first-order valence-corrected chi connectivity index (χ1v) is 7.16. The van der Waals surface area contributed by atoms with Gasteiger partial charge in [-0.05, 0) is 19.9 Å². The molecule has 2 rings (SSSR count). The molecule has 0 unspecified atom stereocenters. The summed E-state index contributed by atoms with van der Waals surface area (Å²) in [5.41, 5.74) is 1.12. The van der Waals surface area contributed by atoms with E-state index in [0.29, 0.717) is 20.0 Å². The van der Waals surface area contributed by atoms with E-state index in [0.717, 1.165) is 36.6 Å². The predicted octanol–water partition coefficient (Wildman–Crippen LogP) is 2.29. The Morgan fingerprint density at radius 1 is 1.20 bits per heavy atom. The quantitative estimate of drug-likeness (QED) is 0.556. The van der Waals surface area contributed by atoms with Crippen LogP contribution in [-0.4, -0.2) is 32.8 Å². The molecule has 5 heteroatoms. The third-order valence-electron chi connectivity index (χ3n) is 3.06. The van der Waals surface area contributed by atoms with Gasteiger partial charge in [0.2, 0.25) is 6.79 Å². The lowest BCUT2D eigenvalue weighted by molar-refractivity contribution is -0.138. The minimum Gasteiger partial charge on any atom is -0.454 e. The molecule has 20 heavy (non-hydrogen) atoms. The van der Waals surface area contributed by atoms with Crippen LogP contribution in [0.4, 0.5) is 0 Å². The summed E-state index contributed by atoms with van der Waals surface area (Å²) >= 11 is 0. The highest BCUT2D eigenvalue weighted by molar-refractivity contribution is 5.48. The lowest BCUT2D eigenvalue weighted by Crippen LogP contribution is -2.24. The normalized spacial score (nSPS) is 13.2. The molecule has 1 aliphatic rings.